The lowest BCUT2D eigenvalue weighted by molar-refractivity contribution is 0.230. The Bertz CT molecular complexity index is 578. The van der Waals surface area contributed by atoms with E-state index in [1.807, 2.05) is 18.2 Å². The van der Waals surface area contributed by atoms with Crippen LogP contribution in [-0.4, -0.2) is 36.1 Å². The summed E-state index contributed by atoms with van der Waals surface area (Å²) in [5.74, 6) is 0.941. The fourth-order valence-electron chi connectivity index (χ4n) is 2.44. The molecule has 0 aliphatic carbocycles. The molecule has 3 rings (SSSR count). The molecule has 1 aliphatic heterocycles. The second-order valence-electron chi connectivity index (χ2n) is 5.31. The van der Waals surface area contributed by atoms with Gasteiger partial charge in [-0.25, -0.2) is 4.98 Å². The molecule has 4 nitrogen and oxygen atoms in total. The third-order valence-electron chi connectivity index (χ3n) is 3.64. The molecule has 112 valence electrons. The molecule has 0 saturated carbocycles. The number of rotatable bonds is 5. The van der Waals surface area contributed by atoms with E-state index < -0.39 is 0 Å². The Balaban J connectivity index is 1.54. The van der Waals surface area contributed by atoms with Crippen molar-refractivity contribution in [2.75, 3.05) is 26.2 Å². The highest BCUT2D eigenvalue weighted by molar-refractivity contribution is 7.09. The predicted octanol–water partition coefficient (Wildman–Crippen LogP) is 2.44. The molecule has 1 aliphatic rings. The van der Waals surface area contributed by atoms with Crippen LogP contribution < -0.4 is 10.1 Å². The van der Waals surface area contributed by atoms with Crippen molar-refractivity contribution in [3.63, 3.8) is 0 Å². The third-order valence-corrected chi connectivity index (χ3v) is 4.51. The largest absolute Gasteiger partial charge is 0.486 e. The number of hydrogen-bond donors (Lipinski definition) is 1. The molecular formula is C16H21N3OS. The van der Waals surface area contributed by atoms with Crippen LogP contribution in [0.4, 0.5) is 0 Å². The highest BCUT2D eigenvalue weighted by Gasteiger charge is 2.12. The van der Waals surface area contributed by atoms with E-state index in [0.29, 0.717) is 6.61 Å². The summed E-state index contributed by atoms with van der Waals surface area (Å²) in [6, 6.07) is 8.09. The van der Waals surface area contributed by atoms with Gasteiger partial charge in [-0.2, -0.15) is 0 Å². The Morgan fingerprint density at radius 3 is 2.90 bits per heavy atom. The number of ether oxygens (including phenoxy) is 1. The molecule has 0 spiro atoms. The second kappa shape index (κ2) is 7.02. The highest BCUT2D eigenvalue weighted by Crippen LogP contribution is 2.19. The third kappa shape index (κ3) is 4.03. The smallest absolute Gasteiger partial charge is 0.140 e. The highest BCUT2D eigenvalue weighted by atomic mass is 32.1. The number of piperazine rings is 1. The molecule has 2 aromatic rings. The molecule has 1 aromatic heterocycles. The van der Waals surface area contributed by atoms with Gasteiger partial charge >= 0.3 is 0 Å². The van der Waals surface area contributed by atoms with Gasteiger partial charge in [0.2, 0.25) is 0 Å². The van der Waals surface area contributed by atoms with Crippen molar-refractivity contribution in [2.45, 2.75) is 20.1 Å². The minimum atomic E-state index is 0.553. The summed E-state index contributed by atoms with van der Waals surface area (Å²) >= 11 is 1.68. The summed E-state index contributed by atoms with van der Waals surface area (Å²) in [5.41, 5.74) is 2.32. The molecule has 1 saturated heterocycles. The van der Waals surface area contributed by atoms with E-state index in [1.165, 1.54) is 0 Å². The van der Waals surface area contributed by atoms with Gasteiger partial charge in [0.05, 0.1) is 5.69 Å². The van der Waals surface area contributed by atoms with Crippen LogP contribution >= 0.6 is 11.3 Å². The van der Waals surface area contributed by atoms with Gasteiger partial charge < -0.3 is 10.1 Å². The molecule has 21 heavy (non-hydrogen) atoms. The van der Waals surface area contributed by atoms with Crippen LogP contribution in [-0.2, 0) is 13.2 Å². The molecule has 0 radical (unpaired) electrons. The molecule has 1 N–H and O–H groups in total. The maximum absolute atomic E-state index is 5.85. The average molecular weight is 303 g/mol. The van der Waals surface area contributed by atoms with Crippen molar-refractivity contribution in [1.29, 1.82) is 0 Å². The topological polar surface area (TPSA) is 37.4 Å². The van der Waals surface area contributed by atoms with Crippen molar-refractivity contribution < 1.29 is 4.74 Å². The van der Waals surface area contributed by atoms with Crippen LogP contribution in [0.2, 0.25) is 0 Å². The summed E-state index contributed by atoms with van der Waals surface area (Å²) in [7, 11) is 0. The molecule has 0 bridgehead atoms. The first kappa shape index (κ1) is 14.5. The van der Waals surface area contributed by atoms with Gasteiger partial charge in [-0.15, -0.1) is 11.3 Å². The number of para-hydroxylation sites is 1. The maximum Gasteiger partial charge on any atom is 0.140 e. The summed E-state index contributed by atoms with van der Waals surface area (Å²) in [5, 5.41) is 6.57. The normalized spacial score (nSPS) is 16.0. The zero-order valence-corrected chi connectivity index (χ0v) is 13.2. The molecule has 1 fully saturated rings. The number of aromatic nitrogens is 1. The van der Waals surface area contributed by atoms with Crippen molar-refractivity contribution in [3.8, 4) is 5.75 Å². The number of thiazole rings is 1. The van der Waals surface area contributed by atoms with E-state index in [9.17, 15) is 0 Å². The van der Waals surface area contributed by atoms with Crippen LogP contribution in [0, 0.1) is 6.92 Å². The first-order valence-corrected chi connectivity index (χ1v) is 8.24. The number of benzene rings is 1. The Labute approximate surface area is 129 Å². The lowest BCUT2D eigenvalue weighted by Gasteiger charge is -2.26. The molecule has 5 heteroatoms. The fraction of sp³-hybridized carbons (Fsp3) is 0.438. The Hall–Kier alpha value is -1.43. The predicted molar refractivity (Wildman–Crippen MR) is 85.8 cm³/mol. The molecule has 0 atom stereocenters. The van der Waals surface area contributed by atoms with Gasteiger partial charge in [0.15, 0.2) is 0 Å². The summed E-state index contributed by atoms with van der Waals surface area (Å²) in [6.45, 7) is 7.92. The number of aryl methyl sites for hydroxylation is 1. The number of hydrogen-bond acceptors (Lipinski definition) is 5. The van der Waals surface area contributed by atoms with E-state index in [-0.39, 0.29) is 0 Å². The summed E-state index contributed by atoms with van der Waals surface area (Å²) in [4.78, 5) is 7.12. The van der Waals surface area contributed by atoms with Crippen molar-refractivity contribution in [1.82, 2.24) is 15.2 Å². The Morgan fingerprint density at radius 1 is 1.29 bits per heavy atom. The van der Waals surface area contributed by atoms with Crippen LogP contribution in [0.3, 0.4) is 0 Å². The standard InChI is InChI=1S/C16H21N3OS/c1-13-4-2-3-5-15(13)20-11-16-18-14(12-21-16)10-19-8-6-17-7-9-19/h2-5,12,17H,6-11H2,1H3. The Morgan fingerprint density at radius 2 is 2.10 bits per heavy atom. The molecule has 2 heterocycles. The fourth-order valence-corrected chi connectivity index (χ4v) is 3.14. The van der Waals surface area contributed by atoms with Gasteiger partial charge in [0.1, 0.15) is 17.4 Å². The first-order valence-electron chi connectivity index (χ1n) is 7.36. The minimum Gasteiger partial charge on any atom is -0.486 e. The zero-order chi connectivity index (χ0) is 14.5. The van der Waals surface area contributed by atoms with E-state index in [0.717, 1.165) is 54.7 Å². The van der Waals surface area contributed by atoms with Crippen molar-refractivity contribution >= 4 is 11.3 Å². The molecule has 0 amide bonds. The molecule has 0 unspecified atom stereocenters. The van der Waals surface area contributed by atoms with Gasteiger partial charge in [-0.3, -0.25) is 4.90 Å². The van der Waals surface area contributed by atoms with Crippen LogP contribution in [0.15, 0.2) is 29.6 Å². The quantitative estimate of drug-likeness (QED) is 0.920. The summed E-state index contributed by atoms with van der Waals surface area (Å²) in [6.07, 6.45) is 0. The number of nitrogens with one attached hydrogen (secondary N) is 1. The zero-order valence-electron chi connectivity index (χ0n) is 12.3. The number of nitrogens with zero attached hydrogens (tertiary/aromatic N) is 2. The average Bonchev–Trinajstić information content (AvgIpc) is 2.95. The lowest BCUT2D eigenvalue weighted by atomic mass is 10.2. The van der Waals surface area contributed by atoms with Gasteiger partial charge in [0.25, 0.3) is 0 Å². The van der Waals surface area contributed by atoms with E-state index >= 15 is 0 Å². The lowest BCUT2D eigenvalue weighted by Crippen LogP contribution is -2.42. The summed E-state index contributed by atoms with van der Waals surface area (Å²) < 4.78 is 5.85. The first-order chi connectivity index (χ1) is 10.3. The SMILES string of the molecule is Cc1ccccc1OCc1nc(CN2CCNCC2)cs1. The van der Waals surface area contributed by atoms with Gasteiger partial charge in [0, 0.05) is 38.1 Å². The van der Waals surface area contributed by atoms with Crippen molar-refractivity contribution in [2.24, 2.45) is 0 Å². The Kier molecular flexibility index (Phi) is 4.85. The maximum atomic E-state index is 5.85. The molecular weight excluding hydrogens is 282 g/mol. The minimum absolute atomic E-state index is 0.553. The van der Waals surface area contributed by atoms with E-state index in [1.54, 1.807) is 11.3 Å². The second-order valence-corrected chi connectivity index (χ2v) is 6.26. The molecule has 1 aromatic carbocycles. The van der Waals surface area contributed by atoms with E-state index in [4.69, 9.17) is 4.74 Å². The van der Waals surface area contributed by atoms with Crippen LogP contribution in [0.5, 0.6) is 5.75 Å². The van der Waals surface area contributed by atoms with Crippen molar-refractivity contribution in [3.05, 3.63) is 45.9 Å². The van der Waals surface area contributed by atoms with E-state index in [2.05, 4.69) is 33.6 Å². The van der Waals surface area contributed by atoms with Crippen LogP contribution in [0.1, 0.15) is 16.3 Å². The monoisotopic (exact) mass is 303 g/mol. The van der Waals surface area contributed by atoms with Gasteiger partial charge in [-0.05, 0) is 18.6 Å². The van der Waals surface area contributed by atoms with Gasteiger partial charge in [-0.1, -0.05) is 18.2 Å². The van der Waals surface area contributed by atoms with Crippen LogP contribution in [0.25, 0.3) is 0 Å².